The lowest BCUT2D eigenvalue weighted by Gasteiger charge is -2.46. The van der Waals surface area contributed by atoms with Gasteiger partial charge in [-0.15, -0.1) is 0 Å². The number of hydrogen-bond acceptors (Lipinski definition) is 2. The maximum absolute atomic E-state index is 2.86. The molecule has 0 spiro atoms. The second kappa shape index (κ2) is 35.6. The van der Waals surface area contributed by atoms with E-state index in [1.165, 1.54) is 234 Å². The zero-order valence-electron chi connectivity index (χ0n) is 81.9. The van der Waals surface area contributed by atoms with E-state index >= 15 is 0 Å². The zero-order valence-corrected chi connectivity index (χ0v) is 81.9. The summed E-state index contributed by atoms with van der Waals surface area (Å²) in [7, 11) is 0. The second-order valence-corrected chi connectivity index (χ2v) is 41.2. The van der Waals surface area contributed by atoms with Crippen LogP contribution in [0.2, 0.25) is 0 Å². The minimum atomic E-state index is -0.651. The molecule has 0 radical (unpaired) electrons. The van der Waals surface area contributed by atoms with E-state index in [0.717, 1.165) is 77.3 Å². The standard InChI is InChI=1S/C142H108BN3/c1(13-49-97-51-31-33-69-110(97)99-83-85-116-112-71-35-41-77-122(112)139(126(116)89-99,101-53-15-5-16-54-101)102-55-17-6-18-56-102)3-47-87-144-134-95-128-120(114-73-37-43-79-124(114)141(128,105-61-23-9-24-62-105)106-63-25-10-26-64-106)93-130(134)143-131-94-121-115-74-38-44-80-125(115)142(107-65-27-11-28-66-107,108-67-29-12-30-68-108)129(121)96-135(131)145(137-92-109(91-136(144)138(137)143)146-132-81-45-39-75-118(132)119-76-40-46-82-133(119)146)88-48-4-2-14-50-98-52-32-34-70-111(98)100-84-86-117-113-72-36-42-78-123(113)140(127(117)90-100,103-57-19-7-20-58-103)104-59-21-8-22-60-104/h5-12,15-46,51-86,89-96H,1-4,13-14,47-50,87-88H2. The number of benzene rings is 21. The summed E-state index contributed by atoms with van der Waals surface area (Å²) in [5.74, 6) is 0. The van der Waals surface area contributed by atoms with Crippen LogP contribution >= 0.6 is 0 Å². The third-order valence-electron chi connectivity index (χ3n) is 34.0. The predicted octanol–water partition coefficient (Wildman–Crippen LogP) is 32.6. The number of para-hydroxylation sites is 2. The van der Waals surface area contributed by atoms with Gasteiger partial charge in [0.05, 0.1) is 38.4 Å². The Hall–Kier alpha value is -16.9. The van der Waals surface area contributed by atoms with E-state index in [4.69, 9.17) is 0 Å². The van der Waals surface area contributed by atoms with Crippen LogP contribution in [-0.2, 0) is 34.5 Å². The van der Waals surface area contributed by atoms with Crippen LogP contribution in [0.3, 0.4) is 0 Å². The zero-order chi connectivity index (χ0) is 96.4. The van der Waals surface area contributed by atoms with Crippen LogP contribution < -0.4 is 26.2 Å². The molecule has 22 aromatic rings. The van der Waals surface area contributed by atoms with Crippen LogP contribution in [0.5, 0.6) is 0 Å². The molecule has 0 N–H and O–H groups in total. The molecule has 2 aliphatic heterocycles. The van der Waals surface area contributed by atoms with E-state index in [2.05, 4.69) is 524 Å². The second-order valence-electron chi connectivity index (χ2n) is 41.2. The fraction of sp³-hybridized carbons (Fsp3) is 0.113. The van der Waals surface area contributed by atoms with Crippen molar-refractivity contribution in [3.8, 4) is 72.4 Å². The number of unbranched alkanes of at least 4 members (excludes halogenated alkanes) is 6. The molecule has 4 heteroatoms. The molecule has 0 unspecified atom stereocenters. The lowest BCUT2D eigenvalue weighted by molar-refractivity contribution is 0.641. The first-order chi connectivity index (χ1) is 72.5. The average Bonchev–Trinajstić information content (AvgIpc) is 1.41. The quantitative estimate of drug-likeness (QED) is 0.0417. The Kier molecular flexibility index (Phi) is 21.2. The highest BCUT2D eigenvalue weighted by molar-refractivity contribution is 7.00. The monoisotopic (exact) mass is 1870 g/mol. The van der Waals surface area contributed by atoms with Crippen LogP contribution in [0.4, 0.5) is 22.7 Å². The molecule has 0 amide bonds. The summed E-state index contributed by atoms with van der Waals surface area (Å²) in [6.07, 6.45) is 10.3. The Morgan fingerprint density at radius 3 is 0.774 bits per heavy atom. The molecule has 0 saturated carbocycles. The third-order valence-corrected chi connectivity index (χ3v) is 34.0. The van der Waals surface area contributed by atoms with Gasteiger partial charge in [-0.05, 0) is 270 Å². The van der Waals surface area contributed by atoms with Gasteiger partial charge < -0.3 is 14.4 Å². The highest BCUT2D eigenvalue weighted by atomic mass is 15.2. The van der Waals surface area contributed by atoms with Gasteiger partial charge in [-0.25, -0.2) is 0 Å². The smallest absolute Gasteiger partial charge is 0.252 e. The molecule has 1 aromatic heterocycles. The van der Waals surface area contributed by atoms with Crippen LogP contribution in [0, 0.1) is 0 Å². The molecular weight excluding hydrogens is 1760 g/mol. The number of fused-ring (bicyclic) bond motifs is 19. The molecule has 694 valence electrons. The summed E-state index contributed by atoms with van der Waals surface area (Å²) in [4.78, 5) is 5.73. The number of nitrogens with zero attached hydrogens (tertiary/aromatic N) is 3. The molecule has 3 nitrogen and oxygen atoms in total. The summed E-state index contributed by atoms with van der Waals surface area (Å²) in [5, 5.41) is 2.50. The molecule has 21 aromatic carbocycles. The van der Waals surface area contributed by atoms with Gasteiger partial charge in [0.1, 0.15) is 0 Å². The van der Waals surface area contributed by atoms with E-state index in [-0.39, 0.29) is 6.71 Å². The van der Waals surface area contributed by atoms with Crippen molar-refractivity contribution in [3.63, 3.8) is 0 Å². The molecule has 0 saturated heterocycles. The molecule has 0 atom stereocenters. The summed E-state index contributed by atoms with van der Waals surface area (Å²) < 4.78 is 2.62. The van der Waals surface area contributed by atoms with Crippen molar-refractivity contribution in [3.05, 3.63) is 610 Å². The van der Waals surface area contributed by atoms with Crippen molar-refractivity contribution >= 4 is 67.7 Å². The van der Waals surface area contributed by atoms with Crippen molar-refractivity contribution in [1.29, 1.82) is 0 Å². The van der Waals surface area contributed by atoms with E-state index in [0.29, 0.717) is 0 Å². The fourth-order valence-electron chi connectivity index (χ4n) is 28.0. The highest BCUT2D eigenvalue weighted by Gasteiger charge is 2.54. The normalized spacial score (nSPS) is 14.3. The topological polar surface area (TPSA) is 11.4 Å². The molecule has 3 heterocycles. The van der Waals surface area contributed by atoms with E-state index in [1.807, 2.05) is 0 Å². The molecule has 4 aliphatic carbocycles. The van der Waals surface area contributed by atoms with Gasteiger partial charge in [-0.2, -0.15) is 0 Å². The highest BCUT2D eigenvalue weighted by Crippen LogP contribution is 2.63. The first-order valence-electron chi connectivity index (χ1n) is 52.9. The molecular formula is C142H108BN3. The Balaban J connectivity index is 0.589. The first-order valence-corrected chi connectivity index (χ1v) is 52.9. The van der Waals surface area contributed by atoms with E-state index in [1.54, 1.807) is 0 Å². The van der Waals surface area contributed by atoms with Crippen LogP contribution in [0.1, 0.15) is 152 Å². The number of anilines is 4. The number of rotatable bonds is 25. The average molecular weight is 1870 g/mol. The molecule has 28 rings (SSSR count). The van der Waals surface area contributed by atoms with Gasteiger partial charge in [0.25, 0.3) is 6.71 Å². The summed E-state index contributed by atoms with van der Waals surface area (Å²) in [5.41, 5.74) is 49.6. The lowest BCUT2D eigenvalue weighted by atomic mass is 9.33. The van der Waals surface area contributed by atoms with Gasteiger partial charge in [-0.1, -0.05) is 487 Å². The van der Waals surface area contributed by atoms with E-state index < -0.39 is 21.7 Å². The largest absolute Gasteiger partial charge is 0.342 e. The van der Waals surface area contributed by atoms with Crippen molar-refractivity contribution in [1.82, 2.24) is 4.57 Å². The van der Waals surface area contributed by atoms with Crippen LogP contribution in [0.15, 0.2) is 510 Å². The van der Waals surface area contributed by atoms with Crippen molar-refractivity contribution in [2.24, 2.45) is 0 Å². The third kappa shape index (κ3) is 13.2. The van der Waals surface area contributed by atoms with Gasteiger partial charge in [0.2, 0.25) is 0 Å². The number of aromatic nitrogens is 1. The van der Waals surface area contributed by atoms with Crippen molar-refractivity contribution in [2.45, 2.75) is 85.9 Å². The Labute approximate surface area is 856 Å². The minimum Gasteiger partial charge on any atom is -0.342 e. The summed E-state index contributed by atoms with van der Waals surface area (Å²) in [6.45, 7) is 1.43. The van der Waals surface area contributed by atoms with Crippen LogP contribution in [0.25, 0.3) is 94.3 Å². The van der Waals surface area contributed by atoms with Crippen molar-refractivity contribution < 1.29 is 0 Å². The lowest BCUT2D eigenvalue weighted by Crippen LogP contribution is -2.62. The number of hydrogen-bond donors (Lipinski definition) is 0. The minimum absolute atomic E-state index is 0.185. The van der Waals surface area contributed by atoms with Gasteiger partial charge in [0.15, 0.2) is 0 Å². The van der Waals surface area contributed by atoms with Gasteiger partial charge in [-0.3, -0.25) is 0 Å². The molecule has 0 fully saturated rings. The Morgan fingerprint density at radius 2 is 0.445 bits per heavy atom. The van der Waals surface area contributed by atoms with Crippen molar-refractivity contribution in [2.75, 3.05) is 22.9 Å². The van der Waals surface area contributed by atoms with Gasteiger partial charge in [0, 0.05) is 46.6 Å². The van der Waals surface area contributed by atoms with Crippen LogP contribution in [-0.4, -0.2) is 24.4 Å². The fourth-order valence-corrected chi connectivity index (χ4v) is 28.0. The predicted molar refractivity (Wildman–Crippen MR) is 610 cm³/mol. The first kappa shape index (κ1) is 86.9. The Bertz CT molecular complexity index is 8150. The summed E-state index contributed by atoms with van der Waals surface area (Å²) >= 11 is 0. The molecule has 6 aliphatic rings. The maximum Gasteiger partial charge on any atom is 0.252 e. The van der Waals surface area contributed by atoms with Gasteiger partial charge >= 0.3 is 0 Å². The SMILES string of the molecule is c1ccc(C2(c3ccccc3)c3ccccc3-c3ccc(-c4ccccc4CCCCCCN4c5cc6c(cc5B5c7cc8c(cc7N(CCCCCCc7ccccc7-c7ccc9c(c7)C(c7ccccc7)(c7ccccc7)c7ccccc7-9)c7cc(-n9c%10ccccc%10c%10ccccc%109)cc4c75)C(c4ccccc4)(c4ccccc4)c4ccccc4-8)-c4ccccc4C6(c4ccccc4)c4ccccc4)cc32)cc1. The van der Waals surface area contributed by atoms with E-state index in [9.17, 15) is 0 Å². The Morgan fingerprint density at radius 1 is 0.185 bits per heavy atom. The maximum atomic E-state index is 2.86. The molecule has 146 heavy (non-hydrogen) atoms. The summed E-state index contributed by atoms with van der Waals surface area (Å²) in [6, 6.07) is 196. The number of aryl methyl sites for hydroxylation is 2. The molecule has 0 bridgehead atoms.